The minimum atomic E-state index is -0.0892. The Balaban J connectivity index is 1.64. The Hall–Kier alpha value is -1.71. The van der Waals surface area contributed by atoms with E-state index >= 15 is 0 Å². The highest BCUT2D eigenvalue weighted by Gasteiger charge is 2.43. The molecule has 24 heavy (non-hydrogen) atoms. The third-order valence-corrected chi connectivity index (χ3v) is 6.27. The molecule has 2 aliphatic rings. The lowest BCUT2D eigenvalue weighted by molar-refractivity contribution is 0.0523. The monoisotopic (exact) mass is 329 g/mol. The summed E-state index contributed by atoms with van der Waals surface area (Å²) < 4.78 is 0. The predicted octanol–water partition coefficient (Wildman–Crippen LogP) is 4.92. The summed E-state index contributed by atoms with van der Waals surface area (Å²) in [7, 11) is 0. The number of nitrogen functional groups attached to an aromatic ring is 1. The smallest absolute Gasteiger partial charge is 0.319 e. The summed E-state index contributed by atoms with van der Waals surface area (Å²) in [5.74, 6) is 0.758. The number of nitrogens with two attached hydrogens (primary N) is 1. The maximum atomic E-state index is 12.5. The first-order valence-electron chi connectivity index (χ1n) is 9.51. The van der Waals surface area contributed by atoms with Crippen LogP contribution >= 0.6 is 0 Å². The number of hydrogen-bond donors (Lipinski definition) is 3. The van der Waals surface area contributed by atoms with Gasteiger partial charge in [0.15, 0.2) is 0 Å². The van der Waals surface area contributed by atoms with Gasteiger partial charge in [0.2, 0.25) is 0 Å². The highest BCUT2D eigenvalue weighted by molar-refractivity contribution is 5.89. The van der Waals surface area contributed by atoms with Crippen LogP contribution in [0.15, 0.2) is 24.3 Å². The number of anilines is 2. The highest BCUT2D eigenvalue weighted by atomic mass is 16.2. The van der Waals surface area contributed by atoms with Crippen LogP contribution < -0.4 is 16.4 Å². The van der Waals surface area contributed by atoms with E-state index in [2.05, 4.69) is 17.6 Å². The third kappa shape index (κ3) is 3.85. The minimum Gasteiger partial charge on any atom is -0.399 e. The number of carbonyl (C=O) groups is 1. The first-order chi connectivity index (χ1) is 11.6. The van der Waals surface area contributed by atoms with Crippen molar-refractivity contribution in [1.29, 1.82) is 0 Å². The fourth-order valence-corrected chi connectivity index (χ4v) is 4.74. The number of nitrogens with one attached hydrogen (secondary N) is 2. The van der Waals surface area contributed by atoms with Crippen LogP contribution in [0.3, 0.4) is 0 Å². The average molecular weight is 329 g/mol. The Bertz CT molecular complexity index is 551. The van der Waals surface area contributed by atoms with Crippen molar-refractivity contribution in [3.8, 4) is 0 Å². The lowest BCUT2D eigenvalue weighted by atomic mass is 9.60. The maximum absolute atomic E-state index is 12.5. The molecule has 1 aromatic carbocycles. The molecule has 3 rings (SSSR count). The number of rotatable bonds is 3. The van der Waals surface area contributed by atoms with Gasteiger partial charge in [0.25, 0.3) is 0 Å². The number of carbonyl (C=O) groups excluding carboxylic acids is 1. The number of amides is 2. The van der Waals surface area contributed by atoms with Crippen LogP contribution in [-0.4, -0.2) is 12.1 Å². The molecule has 1 aromatic rings. The molecule has 0 aromatic heterocycles. The van der Waals surface area contributed by atoms with Crippen LogP contribution in [0.25, 0.3) is 0 Å². The largest absolute Gasteiger partial charge is 0.399 e. The van der Waals surface area contributed by atoms with Crippen LogP contribution in [0.1, 0.15) is 64.7 Å². The van der Waals surface area contributed by atoms with Crippen LogP contribution in [-0.2, 0) is 0 Å². The second-order valence-electron chi connectivity index (χ2n) is 7.86. The Morgan fingerprint density at radius 1 is 1.04 bits per heavy atom. The summed E-state index contributed by atoms with van der Waals surface area (Å²) in [5.41, 5.74) is 7.44. The molecule has 4 heteroatoms. The molecule has 0 bridgehead atoms. The van der Waals surface area contributed by atoms with Crippen LogP contribution in [0, 0.1) is 11.3 Å². The molecule has 0 heterocycles. The van der Waals surface area contributed by atoms with Crippen LogP contribution in [0.4, 0.5) is 16.2 Å². The van der Waals surface area contributed by atoms with E-state index in [-0.39, 0.29) is 17.5 Å². The van der Waals surface area contributed by atoms with E-state index in [1.807, 2.05) is 24.3 Å². The topological polar surface area (TPSA) is 67.2 Å². The highest BCUT2D eigenvalue weighted by Crippen LogP contribution is 2.48. The second kappa shape index (κ2) is 7.45. The van der Waals surface area contributed by atoms with Crippen LogP contribution in [0.5, 0.6) is 0 Å². The van der Waals surface area contributed by atoms with Gasteiger partial charge in [-0.2, -0.15) is 0 Å². The molecular formula is C20H31N3O. The van der Waals surface area contributed by atoms with Gasteiger partial charge in [0, 0.05) is 17.4 Å². The average Bonchev–Trinajstić information content (AvgIpc) is 2.60. The summed E-state index contributed by atoms with van der Waals surface area (Å²) in [6, 6.07) is 7.49. The normalized spacial score (nSPS) is 28.3. The van der Waals surface area contributed by atoms with Crippen molar-refractivity contribution in [2.75, 3.05) is 11.1 Å². The lowest BCUT2D eigenvalue weighted by Crippen LogP contribution is -2.53. The van der Waals surface area contributed by atoms with E-state index in [9.17, 15) is 4.79 Å². The zero-order valence-corrected chi connectivity index (χ0v) is 14.8. The second-order valence-corrected chi connectivity index (χ2v) is 7.86. The van der Waals surface area contributed by atoms with Crippen molar-refractivity contribution in [3.63, 3.8) is 0 Å². The third-order valence-electron chi connectivity index (χ3n) is 6.27. The van der Waals surface area contributed by atoms with Gasteiger partial charge in [0.05, 0.1) is 0 Å². The van der Waals surface area contributed by atoms with Gasteiger partial charge in [-0.3, -0.25) is 0 Å². The Kier molecular flexibility index (Phi) is 5.32. The molecule has 2 amide bonds. The summed E-state index contributed by atoms with van der Waals surface area (Å²) in [6.45, 7) is 2.41. The van der Waals surface area contributed by atoms with Crippen molar-refractivity contribution in [3.05, 3.63) is 24.3 Å². The number of urea groups is 1. The standard InChI is InChI=1S/C20H31N3O/c1-20(15-7-3-2-4-8-15)14-6-5-9-18(20)23-19(24)22-17-12-10-16(21)11-13-17/h10-13,15,18H,2-9,14,21H2,1H3,(H2,22,23,24). The van der Waals surface area contributed by atoms with Gasteiger partial charge in [-0.25, -0.2) is 4.79 Å². The zero-order chi connectivity index (χ0) is 17.0. The quantitative estimate of drug-likeness (QED) is 0.689. The van der Waals surface area contributed by atoms with Gasteiger partial charge in [-0.1, -0.05) is 39.0 Å². The molecule has 2 fully saturated rings. The molecule has 2 atom stereocenters. The molecule has 2 saturated carbocycles. The van der Waals surface area contributed by atoms with E-state index in [1.54, 1.807) is 0 Å². The molecule has 132 valence electrons. The van der Waals surface area contributed by atoms with E-state index in [0.29, 0.717) is 5.69 Å². The fourth-order valence-electron chi connectivity index (χ4n) is 4.74. The van der Waals surface area contributed by atoms with Crippen molar-refractivity contribution in [1.82, 2.24) is 5.32 Å². The Morgan fingerprint density at radius 2 is 1.71 bits per heavy atom. The van der Waals surface area contributed by atoms with Gasteiger partial charge in [-0.15, -0.1) is 0 Å². The van der Waals surface area contributed by atoms with Crippen molar-refractivity contribution in [2.45, 2.75) is 70.8 Å². The first kappa shape index (κ1) is 17.1. The Morgan fingerprint density at radius 3 is 2.42 bits per heavy atom. The van der Waals surface area contributed by atoms with Gasteiger partial charge in [0.1, 0.15) is 0 Å². The van der Waals surface area contributed by atoms with E-state index < -0.39 is 0 Å². The SMILES string of the molecule is CC1(C2CCCCC2)CCCCC1NC(=O)Nc1ccc(N)cc1. The van der Waals surface area contributed by atoms with E-state index in [1.165, 1.54) is 51.4 Å². The maximum Gasteiger partial charge on any atom is 0.319 e. The molecule has 0 spiro atoms. The van der Waals surface area contributed by atoms with Gasteiger partial charge in [-0.05, 0) is 61.3 Å². The molecule has 4 nitrogen and oxygen atoms in total. The lowest BCUT2D eigenvalue weighted by Gasteiger charge is -2.48. The van der Waals surface area contributed by atoms with Crippen molar-refractivity contribution < 1.29 is 4.79 Å². The fraction of sp³-hybridized carbons (Fsp3) is 0.650. The molecule has 0 aliphatic heterocycles. The molecule has 0 radical (unpaired) electrons. The predicted molar refractivity (Wildman–Crippen MR) is 99.9 cm³/mol. The molecule has 2 unspecified atom stereocenters. The van der Waals surface area contributed by atoms with E-state index in [0.717, 1.165) is 18.0 Å². The zero-order valence-electron chi connectivity index (χ0n) is 14.8. The van der Waals surface area contributed by atoms with E-state index in [4.69, 9.17) is 5.73 Å². The van der Waals surface area contributed by atoms with Crippen molar-refractivity contribution in [2.24, 2.45) is 11.3 Å². The molecule has 4 N–H and O–H groups in total. The summed E-state index contributed by atoms with van der Waals surface area (Å²) in [5, 5.41) is 6.24. The molecule has 2 aliphatic carbocycles. The van der Waals surface area contributed by atoms with Crippen molar-refractivity contribution >= 4 is 17.4 Å². The summed E-state index contributed by atoms with van der Waals surface area (Å²) in [6.07, 6.45) is 11.6. The van der Waals surface area contributed by atoms with Gasteiger partial charge >= 0.3 is 6.03 Å². The van der Waals surface area contributed by atoms with Gasteiger partial charge < -0.3 is 16.4 Å². The van der Waals surface area contributed by atoms with Crippen LogP contribution in [0.2, 0.25) is 0 Å². The minimum absolute atomic E-state index is 0.0892. The molecular weight excluding hydrogens is 298 g/mol. The molecule has 0 saturated heterocycles. The summed E-state index contributed by atoms with van der Waals surface area (Å²) >= 11 is 0. The summed E-state index contributed by atoms with van der Waals surface area (Å²) in [4.78, 5) is 12.5. The Labute approximate surface area is 145 Å². The number of hydrogen-bond acceptors (Lipinski definition) is 2. The first-order valence-corrected chi connectivity index (χ1v) is 9.51. The number of benzene rings is 1.